The number of ketones is 2. The Morgan fingerprint density at radius 1 is 1.06 bits per heavy atom. The smallest absolute Gasteiger partial charge is 0.255 e. The third kappa shape index (κ3) is 2.62. The molecule has 0 spiro atoms. The van der Waals surface area contributed by atoms with E-state index in [1.54, 1.807) is 19.1 Å². The second kappa shape index (κ2) is 6.56. The summed E-state index contributed by atoms with van der Waals surface area (Å²) in [4.78, 5) is 38.1. The Labute approximate surface area is 184 Å². The van der Waals surface area contributed by atoms with Crippen LogP contribution in [0.3, 0.4) is 0 Å². The molecule has 0 aliphatic heterocycles. The van der Waals surface area contributed by atoms with Gasteiger partial charge in [-0.05, 0) is 35.3 Å². The van der Waals surface area contributed by atoms with Gasteiger partial charge >= 0.3 is 0 Å². The van der Waals surface area contributed by atoms with E-state index in [0.29, 0.717) is 22.1 Å². The Kier molecular flexibility index (Phi) is 4.47. The second-order valence-electron chi connectivity index (χ2n) is 9.68. The minimum Gasteiger partial charge on any atom is -0.511 e. The quantitative estimate of drug-likeness (QED) is 0.336. The number of carbonyl (C=O) groups is 3. The molecule has 0 saturated heterocycles. The molecule has 0 fully saturated rings. The topological polar surface area (TPSA) is 158 Å². The molecule has 0 radical (unpaired) electrons. The number of hydrogen-bond acceptors (Lipinski definition) is 7. The molecule has 1 amide bonds. The van der Waals surface area contributed by atoms with Crippen LogP contribution in [-0.4, -0.2) is 43.5 Å². The van der Waals surface area contributed by atoms with Crippen molar-refractivity contribution in [2.45, 2.75) is 51.6 Å². The molecule has 2 aliphatic carbocycles. The van der Waals surface area contributed by atoms with E-state index in [1.807, 2.05) is 20.8 Å². The number of aliphatic hydroxyl groups is 2. The van der Waals surface area contributed by atoms with Gasteiger partial charge in [0, 0.05) is 17.9 Å². The first-order valence-corrected chi connectivity index (χ1v) is 10.3. The van der Waals surface area contributed by atoms with Crippen LogP contribution in [0.4, 0.5) is 0 Å². The van der Waals surface area contributed by atoms with Gasteiger partial charge < -0.3 is 26.2 Å². The third-order valence-corrected chi connectivity index (χ3v) is 6.78. The van der Waals surface area contributed by atoms with Crippen LogP contribution in [0.1, 0.15) is 54.2 Å². The molecule has 0 saturated carbocycles. The maximum absolute atomic E-state index is 13.5. The van der Waals surface area contributed by atoms with E-state index in [9.17, 15) is 34.8 Å². The lowest BCUT2D eigenvalue weighted by atomic mass is 9.62. The molecule has 0 bridgehead atoms. The molecule has 2 aliphatic rings. The Hall–Kier alpha value is -3.39. The molecule has 2 aromatic carbocycles. The van der Waals surface area contributed by atoms with Crippen LogP contribution in [0.2, 0.25) is 0 Å². The van der Waals surface area contributed by atoms with Crippen molar-refractivity contribution in [3.63, 3.8) is 0 Å². The van der Waals surface area contributed by atoms with Gasteiger partial charge in [0.2, 0.25) is 11.6 Å². The lowest BCUT2D eigenvalue weighted by molar-refractivity contribution is -0.137. The maximum atomic E-state index is 13.5. The fourth-order valence-electron chi connectivity index (χ4n) is 5.06. The van der Waals surface area contributed by atoms with Gasteiger partial charge in [0.05, 0.1) is 10.9 Å². The van der Waals surface area contributed by atoms with Crippen molar-refractivity contribution < 1.29 is 34.8 Å². The number of primary amides is 1. The van der Waals surface area contributed by atoms with Gasteiger partial charge in [-0.15, -0.1) is 0 Å². The predicted molar refractivity (Wildman–Crippen MR) is 116 cm³/mol. The zero-order chi connectivity index (χ0) is 23.9. The molecule has 168 valence electrons. The van der Waals surface area contributed by atoms with Gasteiger partial charge in [0.15, 0.2) is 5.60 Å². The summed E-state index contributed by atoms with van der Waals surface area (Å²) in [5.41, 5.74) is 2.58. The standard InChI is InChI=1S/C24H25NO7/c1-9-11-5-6-13(23(2,3)4)18(27)15(11)19(28)16-12(9)7-10-8-14(26)17(22(25)31)21(30)24(10,32)20(16)29/h5-6,10,26-28,32H,7-8H2,1-4H3,(H2,25,31)/t10-,24-/m0/s1. The zero-order valence-electron chi connectivity index (χ0n) is 18.2. The van der Waals surface area contributed by atoms with Gasteiger partial charge in [-0.2, -0.15) is 0 Å². The number of aryl methyl sites for hydroxylation is 1. The van der Waals surface area contributed by atoms with Crippen LogP contribution in [0.15, 0.2) is 23.5 Å². The van der Waals surface area contributed by atoms with Crippen molar-refractivity contribution >= 4 is 28.2 Å². The normalized spacial score (nSPS) is 23.3. The number of phenolic OH excluding ortho intramolecular Hbond substituents is 2. The summed E-state index contributed by atoms with van der Waals surface area (Å²) in [5.74, 6) is -5.93. The number of aromatic hydroxyl groups is 2. The molecule has 0 aromatic heterocycles. The summed E-state index contributed by atoms with van der Waals surface area (Å²) in [6.45, 7) is 7.39. The second-order valence-corrected chi connectivity index (χ2v) is 9.68. The van der Waals surface area contributed by atoms with Crippen molar-refractivity contribution in [2.24, 2.45) is 11.7 Å². The Balaban J connectivity index is 2.04. The molecule has 32 heavy (non-hydrogen) atoms. The first-order valence-electron chi connectivity index (χ1n) is 10.3. The van der Waals surface area contributed by atoms with E-state index in [2.05, 4.69) is 0 Å². The largest absolute Gasteiger partial charge is 0.511 e. The van der Waals surface area contributed by atoms with E-state index < -0.39 is 51.5 Å². The molecular weight excluding hydrogens is 414 g/mol. The number of fused-ring (bicyclic) bond motifs is 3. The van der Waals surface area contributed by atoms with Crippen LogP contribution in [0, 0.1) is 12.8 Å². The van der Waals surface area contributed by atoms with Crippen LogP contribution in [-0.2, 0) is 21.4 Å². The summed E-state index contributed by atoms with van der Waals surface area (Å²) >= 11 is 0. The Bertz CT molecular complexity index is 1280. The highest BCUT2D eigenvalue weighted by atomic mass is 16.3. The average molecular weight is 439 g/mol. The molecule has 8 heteroatoms. The molecular formula is C24H25NO7. The van der Waals surface area contributed by atoms with Gasteiger partial charge in [0.25, 0.3) is 5.91 Å². The summed E-state index contributed by atoms with van der Waals surface area (Å²) in [6.07, 6.45) is -0.297. The van der Waals surface area contributed by atoms with Crippen molar-refractivity contribution in [3.8, 4) is 11.5 Å². The van der Waals surface area contributed by atoms with Gasteiger partial charge in [-0.1, -0.05) is 32.9 Å². The number of amides is 1. The summed E-state index contributed by atoms with van der Waals surface area (Å²) in [5, 5.41) is 44.1. The van der Waals surface area contributed by atoms with E-state index in [4.69, 9.17) is 5.73 Å². The lowest BCUT2D eigenvalue weighted by Gasteiger charge is -2.41. The van der Waals surface area contributed by atoms with Gasteiger partial charge in [0.1, 0.15) is 22.8 Å². The number of rotatable bonds is 1. The van der Waals surface area contributed by atoms with Crippen molar-refractivity contribution in [1.82, 2.24) is 0 Å². The van der Waals surface area contributed by atoms with Crippen LogP contribution >= 0.6 is 0 Å². The van der Waals surface area contributed by atoms with Crippen LogP contribution in [0.25, 0.3) is 10.8 Å². The molecule has 8 nitrogen and oxygen atoms in total. The number of benzene rings is 2. The SMILES string of the molecule is Cc1c2c(c(O)c3c(O)c(C(C)(C)C)ccc13)C(=O)[C@]1(O)C(=O)C(C(N)=O)=C(O)C[C@@H]1C2. The Morgan fingerprint density at radius 2 is 1.69 bits per heavy atom. The highest BCUT2D eigenvalue weighted by Crippen LogP contribution is 2.50. The number of allylic oxidation sites excluding steroid dienone is 1. The number of phenols is 2. The monoisotopic (exact) mass is 439 g/mol. The van der Waals surface area contributed by atoms with Crippen molar-refractivity contribution in [3.05, 3.63) is 45.7 Å². The summed E-state index contributed by atoms with van der Waals surface area (Å²) in [6, 6.07) is 3.51. The van der Waals surface area contributed by atoms with Crippen molar-refractivity contribution in [2.75, 3.05) is 0 Å². The summed E-state index contributed by atoms with van der Waals surface area (Å²) in [7, 11) is 0. The zero-order valence-corrected chi connectivity index (χ0v) is 18.2. The number of aliphatic hydroxyl groups excluding tert-OH is 1. The first kappa shape index (κ1) is 21.8. The fourth-order valence-corrected chi connectivity index (χ4v) is 5.06. The van der Waals surface area contributed by atoms with Crippen LogP contribution < -0.4 is 5.73 Å². The number of nitrogens with two attached hydrogens (primary N) is 1. The highest BCUT2D eigenvalue weighted by Gasteiger charge is 2.59. The predicted octanol–water partition coefficient (Wildman–Crippen LogP) is 2.21. The molecule has 2 atom stereocenters. The molecule has 4 rings (SSSR count). The Morgan fingerprint density at radius 3 is 2.25 bits per heavy atom. The number of carbonyl (C=O) groups excluding carboxylic acids is 3. The van der Waals surface area contributed by atoms with E-state index in [1.165, 1.54) is 0 Å². The van der Waals surface area contributed by atoms with E-state index in [-0.39, 0.29) is 29.5 Å². The lowest BCUT2D eigenvalue weighted by Crippen LogP contribution is -2.59. The number of hydrogen-bond donors (Lipinski definition) is 5. The number of Topliss-reactive ketones (excluding diaryl/α,β-unsaturated/α-hetero) is 2. The molecule has 2 aromatic rings. The van der Waals surface area contributed by atoms with Gasteiger partial charge in [-0.25, -0.2) is 0 Å². The van der Waals surface area contributed by atoms with E-state index in [0.717, 1.165) is 0 Å². The molecule has 0 heterocycles. The minimum atomic E-state index is -2.65. The third-order valence-electron chi connectivity index (χ3n) is 6.78. The molecule has 6 N–H and O–H groups in total. The first-order chi connectivity index (χ1) is 14.7. The average Bonchev–Trinajstić information content (AvgIpc) is 2.67. The summed E-state index contributed by atoms with van der Waals surface area (Å²) < 4.78 is 0. The maximum Gasteiger partial charge on any atom is 0.255 e. The highest BCUT2D eigenvalue weighted by molar-refractivity contribution is 6.33. The fraction of sp³-hybridized carbons (Fsp3) is 0.375. The van der Waals surface area contributed by atoms with Crippen molar-refractivity contribution in [1.29, 1.82) is 0 Å². The van der Waals surface area contributed by atoms with Gasteiger partial charge in [-0.3, -0.25) is 14.4 Å². The van der Waals surface area contributed by atoms with Crippen LogP contribution in [0.5, 0.6) is 11.5 Å². The molecule has 0 unspecified atom stereocenters. The van der Waals surface area contributed by atoms with E-state index >= 15 is 0 Å². The minimum absolute atomic E-state index is 0.00344.